The van der Waals surface area contributed by atoms with Crippen LogP contribution in [-0.2, 0) is 12.8 Å². The quantitative estimate of drug-likeness (QED) is 0.935. The van der Waals surface area contributed by atoms with E-state index in [-0.39, 0.29) is 5.54 Å². The average molecular weight is 286 g/mol. The van der Waals surface area contributed by atoms with Gasteiger partial charge in [0.2, 0.25) is 11.7 Å². The Morgan fingerprint density at radius 3 is 2.86 bits per heavy atom. The number of pyridine rings is 1. The summed E-state index contributed by atoms with van der Waals surface area (Å²) in [6, 6.07) is 1.94. The van der Waals surface area contributed by atoms with Crippen molar-refractivity contribution in [2.75, 3.05) is 0 Å². The monoisotopic (exact) mass is 286 g/mol. The smallest absolute Gasteiger partial charge is 0.228 e. The first kappa shape index (κ1) is 14.2. The second-order valence-electron chi connectivity index (χ2n) is 6.00. The highest BCUT2D eigenvalue weighted by Crippen LogP contribution is 2.29. The van der Waals surface area contributed by atoms with Crippen molar-refractivity contribution in [3.8, 4) is 11.4 Å². The van der Waals surface area contributed by atoms with Gasteiger partial charge in [0, 0.05) is 29.9 Å². The van der Waals surface area contributed by atoms with E-state index in [1.807, 2.05) is 12.3 Å². The molecule has 0 atom stereocenters. The Hall–Kier alpha value is -1.75. The molecule has 2 N–H and O–H groups in total. The molecule has 0 saturated heterocycles. The number of rotatable bonds is 4. The van der Waals surface area contributed by atoms with Crippen LogP contribution < -0.4 is 5.73 Å². The van der Waals surface area contributed by atoms with E-state index >= 15 is 0 Å². The van der Waals surface area contributed by atoms with E-state index < -0.39 is 0 Å². The summed E-state index contributed by atoms with van der Waals surface area (Å²) in [5, 5.41) is 4.12. The highest BCUT2D eigenvalue weighted by atomic mass is 16.5. The zero-order valence-electron chi connectivity index (χ0n) is 12.5. The Morgan fingerprint density at radius 1 is 1.29 bits per heavy atom. The Labute approximate surface area is 125 Å². The third-order valence-corrected chi connectivity index (χ3v) is 4.35. The molecule has 5 heteroatoms. The van der Waals surface area contributed by atoms with Crippen LogP contribution in [0.4, 0.5) is 0 Å². The molecule has 2 aromatic heterocycles. The summed E-state index contributed by atoms with van der Waals surface area (Å²) in [6.45, 7) is 2.10. The highest BCUT2D eigenvalue weighted by molar-refractivity contribution is 5.58. The predicted molar refractivity (Wildman–Crippen MR) is 80.6 cm³/mol. The van der Waals surface area contributed by atoms with Gasteiger partial charge < -0.3 is 10.3 Å². The van der Waals surface area contributed by atoms with E-state index in [9.17, 15) is 0 Å². The molecule has 5 nitrogen and oxygen atoms in total. The summed E-state index contributed by atoms with van der Waals surface area (Å²) in [5.74, 6) is 1.29. The summed E-state index contributed by atoms with van der Waals surface area (Å²) >= 11 is 0. The van der Waals surface area contributed by atoms with Crippen LogP contribution in [0, 0.1) is 0 Å². The fraction of sp³-hybridized carbons (Fsp3) is 0.562. The number of aromatic nitrogens is 3. The summed E-state index contributed by atoms with van der Waals surface area (Å²) < 4.78 is 5.42. The molecule has 0 amide bonds. The normalized spacial score (nSPS) is 17.8. The Morgan fingerprint density at radius 2 is 2.10 bits per heavy atom. The molecule has 21 heavy (non-hydrogen) atoms. The summed E-state index contributed by atoms with van der Waals surface area (Å²) in [6.07, 6.45) is 10.9. The average Bonchev–Trinajstić information content (AvgIpc) is 2.95. The lowest BCUT2D eigenvalue weighted by Gasteiger charge is -2.31. The van der Waals surface area contributed by atoms with Crippen molar-refractivity contribution in [3.63, 3.8) is 0 Å². The Kier molecular flexibility index (Phi) is 4.01. The molecule has 0 unspecified atom stereocenters. The van der Waals surface area contributed by atoms with Crippen molar-refractivity contribution >= 4 is 0 Å². The van der Waals surface area contributed by atoms with Crippen LogP contribution in [0.2, 0.25) is 0 Å². The molecule has 112 valence electrons. The first-order valence-corrected chi connectivity index (χ1v) is 7.75. The predicted octanol–water partition coefficient (Wildman–Crippen LogP) is 2.90. The summed E-state index contributed by atoms with van der Waals surface area (Å²) in [4.78, 5) is 8.69. The highest BCUT2D eigenvalue weighted by Gasteiger charge is 2.30. The minimum absolute atomic E-state index is 0.173. The maximum atomic E-state index is 6.46. The lowest BCUT2D eigenvalue weighted by atomic mass is 9.80. The van der Waals surface area contributed by atoms with Crippen LogP contribution in [0.15, 0.2) is 23.0 Å². The van der Waals surface area contributed by atoms with Gasteiger partial charge in [0.1, 0.15) is 0 Å². The molecule has 1 aliphatic carbocycles. The maximum absolute atomic E-state index is 6.46. The topological polar surface area (TPSA) is 77.8 Å². The van der Waals surface area contributed by atoms with Gasteiger partial charge in [-0.15, -0.1) is 0 Å². The molecule has 3 rings (SSSR count). The SMILES string of the molecule is CCc1cnccc1-c1noc(CC2(N)CCCCC2)n1. The van der Waals surface area contributed by atoms with Gasteiger partial charge in [-0.05, 0) is 30.9 Å². The minimum Gasteiger partial charge on any atom is -0.339 e. The van der Waals surface area contributed by atoms with Gasteiger partial charge in [0.15, 0.2) is 0 Å². The van der Waals surface area contributed by atoms with E-state index in [1.54, 1.807) is 6.20 Å². The molecule has 1 saturated carbocycles. The second kappa shape index (κ2) is 5.93. The molecule has 1 aliphatic rings. The van der Waals surface area contributed by atoms with Crippen molar-refractivity contribution < 1.29 is 4.52 Å². The Balaban J connectivity index is 1.80. The summed E-state index contributed by atoms with van der Waals surface area (Å²) in [5.41, 5.74) is 8.41. The first-order valence-electron chi connectivity index (χ1n) is 7.75. The van der Waals surface area contributed by atoms with E-state index in [0.29, 0.717) is 18.1 Å². The molecule has 2 heterocycles. The van der Waals surface area contributed by atoms with Crippen molar-refractivity contribution in [2.24, 2.45) is 5.73 Å². The lowest BCUT2D eigenvalue weighted by Crippen LogP contribution is -2.43. The van der Waals surface area contributed by atoms with E-state index in [0.717, 1.165) is 30.4 Å². The van der Waals surface area contributed by atoms with Gasteiger partial charge in [-0.25, -0.2) is 0 Å². The third kappa shape index (κ3) is 3.13. The van der Waals surface area contributed by atoms with Crippen LogP contribution in [-0.4, -0.2) is 20.7 Å². The van der Waals surface area contributed by atoms with Crippen LogP contribution in [0.1, 0.15) is 50.5 Å². The van der Waals surface area contributed by atoms with E-state index in [2.05, 4.69) is 22.0 Å². The molecule has 0 radical (unpaired) electrons. The van der Waals surface area contributed by atoms with Crippen LogP contribution in [0.5, 0.6) is 0 Å². The van der Waals surface area contributed by atoms with E-state index in [4.69, 9.17) is 10.3 Å². The molecule has 0 aromatic carbocycles. The first-order chi connectivity index (χ1) is 10.2. The molecule has 2 aromatic rings. The zero-order valence-corrected chi connectivity index (χ0v) is 12.5. The van der Waals surface area contributed by atoms with Gasteiger partial charge >= 0.3 is 0 Å². The molecule has 0 spiro atoms. The van der Waals surface area contributed by atoms with Gasteiger partial charge in [0.05, 0.1) is 0 Å². The zero-order chi connectivity index (χ0) is 14.7. The summed E-state index contributed by atoms with van der Waals surface area (Å²) in [7, 11) is 0. The maximum Gasteiger partial charge on any atom is 0.228 e. The largest absolute Gasteiger partial charge is 0.339 e. The molecular weight excluding hydrogens is 264 g/mol. The molecule has 1 fully saturated rings. The van der Waals surface area contributed by atoms with Crippen molar-refractivity contribution in [2.45, 2.75) is 57.4 Å². The molecular formula is C16H22N4O. The molecule has 0 aliphatic heterocycles. The van der Waals surface area contributed by atoms with Gasteiger partial charge in [-0.1, -0.05) is 31.3 Å². The fourth-order valence-corrected chi connectivity index (χ4v) is 3.10. The Bertz CT molecular complexity index is 602. The van der Waals surface area contributed by atoms with Crippen LogP contribution in [0.3, 0.4) is 0 Å². The molecule has 0 bridgehead atoms. The number of nitrogens with zero attached hydrogens (tertiary/aromatic N) is 3. The third-order valence-electron chi connectivity index (χ3n) is 4.35. The van der Waals surface area contributed by atoms with E-state index in [1.165, 1.54) is 19.3 Å². The number of hydrogen-bond acceptors (Lipinski definition) is 5. The fourth-order valence-electron chi connectivity index (χ4n) is 3.10. The number of nitrogens with two attached hydrogens (primary N) is 1. The van der Waals surface area contributed by atoms with Crippen molar-refractivity contribution in [1.29, 1.82) is 0 Å². The second-order valence-corrected chi connectivity index (χ2v) is 6.00. The van der Waals surface area contributed by atoms with Gasteiger partial charge in [-0.2, -0.15) is 4.98 Å². The van der Waals surface area contributed by atoms with Crippen molar-refractivity contribution in [1.82, 2.24) is 15.1 Å². The van der Waals surface area contributed by atoms with Crippen molar-refractivity contribution in [3.05, 3.63) is 29.9 Å². The lowest BCUT2D eigenvalue weighted by molar-refractivity contribution is 0.261. The standard InChI is InChI=1S/C16H22N4O/c1-2-12-11-18-9-6-13(12)15-19-14(21-20-15)10-16(17)7-4-3-5-8-16/h6,9,11H,2-5,7-8,10,17H2,1H3. The van der Waals surface area contributed by atoms with Gasteiger partial charge in [-0.3, -0.25) is 4.98 Å². The minimum atomic E-state index is -0.173. The number of hydrogen-bond donors (Lipinski definition) is 1. The van der Waals surface area contributed by atoms with Gasteiger partial charge in [0.25, 0.3) is 0 Å². The van der Waals surface area contributed by atoms with Crippen LogP contribution in [0.25, 0.3) is 11.4 Å². The van der Waals surface area contributed by atoms with Crippen LogP contribution >= 0.6 is 0 Å². The number of aryl methyl sites for hydroxylation is 1.